The van der Waals surface area contributed by atoms with E-state index in [0.717, 1.165) is 25.1 Å². The van der Waals surface area contributed by atoms with Gasteiger partial charge < -0.3 is 14.2 Å². The van der Waals surface area contributed by atoms with Crippen molar-refractivity contribution in [3.63, 3.8) is 0 Å². The molecule has 1 unspecified atom stereocenters. The van der Waals surface area contributed by atoms with Crippen LogP contribution in [0.3, 0.4) is 0 Å². The SMILES string of the molecule is C=C/C(=C(\N=C)N(C)C1CCN(C)C1)c1nc2cccc(C)c2c(=O)o1. The van der Waals surface area contributed by atoms with Crippen LogP contribution in [0.1, 0.15) is 17.9 Å². The Morgan fingerprint density at radius 2 is 2.27 bits per heavy atom. The molecule has 0 aliphatic carbocycles. The number of aliphatic imine (C=N–C) groups is 1. The summed E-state index contributed by atoms with van der Waals surface area (Å²) in [6, 6.07) is 5.86. The van der Waals surface area contributed by atoms with E-state index in [1.165, 1.54) is 0 Å². The van der Waals surface area contributed by atoms with E-state index in [1.807, 2.05) is 26.1 Å². The van der Waals surface area contributed by atoms with Crippen LogP contribution < -0.4 is 5.63 Å². The number of benzene rings is 1. The fraction of sp³-hybridized carbons (Fsp3) is 0.350. The second-order valence-electron chi connectivity index (χ2n) is 6.69. The van der Waals surface area contributed by atoms with E-state index in [-0.39, 0.29) is 5.89 Å². The van der Waals surface area contributed by atoms with Crippen molar-refractivity contribution < 1.29 is 4.42 Å². The van der Waals surface area contributed by atoms with Crippen LogP contribution in [0.5, 0.6) is 0 Å². The molecule has 1 aromatic carbocycles. The highest BCUT2D eigenvalue weighted by molar-refractivity contribution is 5.82. The Balaban J connectivity index is 2.13. The normalized spacial score (nSPS) is 18.7. The molecule has 0 N–H and O–H groups in total. The highest BCUT2D eigenvalue weighted by Gasteiger charge is 2.26. The third-order valence-electron chi connectivity index (χ3n) is 4.94. The zero-order valence-corrected chi connectivity index (χ0v) is 15.5. The van der Waals surface area contributed by atoms with Gasteiger partial charge in [-0.1, -0.05) is 24.8 Å². The van der Waals surface area contributed by atoms with Crippen molar-refractivity contribution in [2.24, 2.45) is 4.99 Å². The summed E-state index contributed by atoms with van der Waals surface area (Å²) in [7, 11) is 4.07. The molecule has 1 atom stereocenters. The zero-order chi connectivity index (χ0) is 18.8. The maximum Gasteiger partial charge on any atom is 0.347 e. The number of nitrogens with zero attached hydrogens (tertiary/aromatic N) is 4. The molecule has 0 amide bonds. The summed E-state index contributed by atoms with van der Waals surface area (Å²) in [5.41, 5.74) is 1.60. The molecule has 0 bridgehead atoms. The number of hydrogen-bond donors (Lipinski definition) is 0. The first-order chi connectivity index (χ1) is 12.5. The van der Waals surface area contributed by atoms with Crippen LogP contribution in [0.25, 0.3) is 16.5 Å². The molecule has 1 fully saturated rings. The van der Waals surface area contributed by atoms with Gasteiger partial charge in [-0.15, -0.1) is 0 Å². The van der Waals surface area contributed by atoms with Gasteiger partial charge in [0.05, 0.1) is 16.5 Å². The van der Waals surface area contributed by atoms with Gasteiger partial charge in [0, 0.05) is 19.6 Å². The van der Waals surface area contributed by atoms with E-state index < -0.39 is 5.63 Å². The number of allylic oxidation sites excluding steroid dienone is 2. The van der Waals surface area contributed by atoms with Gasteiger partial charge in [-0.2, -0.15) is 0 Å². The highest BCUT2D eigenvalue weighted by atomic mass is 16.4. The first kappa shape index (κ1) is 18.1. The molecule has 1 aromatic heterocycles. The van der Waals surface area contributed by atoms with Crippen molar-refractivity contribution in [3.8, 4) is 0 Å². The molecular weight excluding hydrogens is 328 g/mol. The summed E-state index contributed by atoms with van der Waals surface area (Å²) < 4.78 is 5.52. The molecule has 2 aromatic rings. The van der Waals surface area contributed by atoms with Crippen molar-refractivity contribution in [2.45, 2.75) is 19.4 Å². The Hall–Kier alpha value is -2.73. The predicted molar refractivity (Wildman–Crippen MR) is 105 cm³/mol. The van der Waals surface area contributed by atoms with Crippen molar-refractivity contribution in [1.82, 2.24) is 14.8 Å². The Bertz CT molecular complexity index is 944. The van der Waals surface area contributed by atoms with Gasteiger partial charge in [0.1, 0.15) is 5.82 Å². The highest BCUT2D eigenvalue weighted by Crippen LogP contribution is 2.26. The molecule has 2 heterocycles. The average Bonchev–Trinajstić information content (AvgIpc) is 3.05. The molecular formula is C20H24N4O2. The molecule has 6 heteroatoms. The van der Waals surface area contributed by atoms with Crippen LogP contribution in [0.15, 0.2) is 50.9 Å². The van der Waals surface area contributed by atoms with E-state index in [2.05, 4.69) is 40.1 Å². The quantitative estimate of drug-likeness (QED) is 0.612. The smallest absolute Gasteiger partial charge is 0.347 e. The summed E-state index contributed by atoms with van der Waals surface area (Å²) >= 11 is 0. The summed E-state index contributed by atoms with van der Waals surface area (Å²) in [4.78, 5) is 25.6. The van der Waals surface area contributed by atoms with Gasteiger partial charge in [0.2, 0.25) is 5.89 Å². The van der Waals surface area contributed by atoms with Crippen LogP contribution in [0, 0.1) is 6.92 Å². The lowest BCUT2D eigenvalue weighted by molar-refractivity contribution is 0.295. The van der Waals surface area contributed by atoms with E-state index in [0.29, 0.717) is 28.3 Å². The first-order valence-corrected chi connectivity index (χ1v) is 8.62. The molecule has 1 aliphatic rings. The van der Waals surface area contributed by atoms with Crippen molar-refractivity contribution in [3.05, 3.63) is 58.5 Å². The number of aryl methyl sites for hydroxylation is 1. The molecule has 1 aliphatic heterocycles. The van der Waals surface area contributed by atoms with Crippen LogP contribution in [-0.2, 0) is 0 Å². The monoisotopic (exact) mass is 352 g/mol. The van der Waals surface area contributed by atoms with Crippen LogP contribution >= 0.6 is 0 Å². The predicted octanol–water partition coefficient (Wildman–Crippen LogP) is 2.69. The van der Waals surface area contributed by atoms with Gasteiger partial charge in [-0.25, -0.2) is 14.8 Å². The minimum Gasteiger partial charge on any atom is -0.403 e. The Labute approximate surface area is 153 Å². The molecule has 6 nitrogen and oxygen atoms in total. The third kappa shape index (κ3) is 3.20. The molecule has 26 heavy (non-hydrogen) atoms. The van der Waals surface area contributed by atoms with Gasteiger partial charge in [0.15, 0.2) is 0 Å². The molecule has 1 saturated heterocycles. The van der Waals surface area contributed by atoms with E-state index in [4.69, 9.17) is 4.42 Å². The minimum atomic E-state index is -0.408. The maximum absolute atomic E-state index is 12.5. The maximum atomic E-state index is 12.5. The minimum absolute atomic E-state index is 0.212. The number of likely N-dealkylation sites (N-methyl/N-ethyl adjacent to an activating group) is 2. The first-order valence-electron chi connectivity index (χ1n) is 8.62. The number of rotatable bonds is 5. The fourth-order valence-corrected chi connectivity index (χ4v) is 3.46. The largest absolute Gasteiger partial charge is 0.403 e. The van der Waals surface area contributed by atoms with Crippen LogP contribution in [0.2, 0.25) is 0 Å². The molecule has 136 valence electrons. The second-order valence-corrected chi connectivity index (χ2v) is 6.69. The fourth-order valence-electron chi connectivity index (χ4n) is 3.46. The number of fused-ring (bicyclic) bond motifs is 1. The summed E-state index contributed by atoms with van der Waals surface area (Å²) in [6.07, 6.45) is 2.65. The Kier molecular flexibility index (Phi) is 5.04. The topological polar surface area (TPSA) is 61.9 Å². The van der Waals surface area contributed by atoms with E-state index >= 15 is 0 Å². The molecule has 0 saturated carbocycles. The van der Waals surface area contributed by atoms with Gasteiger partial charge in [-0.05, 0) is 45.3 Å². The molecule has 0 spiro atoms. The standard InChI is InChI=1S/C20H24N4O2/c1-6-15(18(21-3)24(5)14-10-11-23(4)12-14)19-22-16-9-7-8-13(2)17(16)20(25)26-19/h6-9,14H,1,3,10-12H2,2,4-5H3/b18-15-. The number of likely N-dealkylation sites (tertiary alicyclic amines) is 1. The second kappa shape index (κ2) is 7.25. The van der Waals surface area contributed by atoms with Crippen LogP contribution in [-0.4, -0.2) is 54.7 Å². The summed E-state index contributed by atoms with van der Waals surface area (Å²) in [6.45, 7) is 11.4. The van der Waals surface area contributed by atoms with Crippen LogP contribution in [0.4, 0.5) is 0 Å². The van der Waals surface area contributed by atoms with Gasteiger partial charge in [0.25, 0.3) is 0 Å². The van der Waals surface area contributed by atoms with Gasteiger partial charge >= 0.3 is 5.63 Å². The Morgan fingerprint density at radius 3 is 2.88 bits per heavy atom. The number of hydrogen-bond acceptors (Lipinski definition) is 6. The summed E-state index contributed by atoms with van der Waals surface area (Å²) in [5, 5.41) is 0.499. The molecule has 3 rings (SSSR count). The summed E-state index contributed by atoms with van der Waals surface area (Å²) in [5.74, 6) is 0.826. The van der Waals surface area contributed by atoms with E-state index in [1.54, 1.807) is 12.1 Å². The zero-order valence-electron chi connectivity index (χ0n) is 15.5. The van der Waals surface area contributed by atoms with Crippen molar-refractivity contribution in [2.75, 3.05) is 27.2 Å². The third-order valence-corrected chi connectivity index (χ3v) is 4.94. The molecule has 0 radical (unpaired) electrons. The Morgan fingerprint density at radius 1 is 1.50 bits per heavy atom. The number of aromatic nitrogens is 1. The van der Waals surface area contributed by atoms with Crippen molar-refractivity contribution in [1.29, 1.82) is 0 Å². The van der Waals surface area contributed by atoms with Gasteiger partial charge in [-0.3, -0.25) is 0 Å². The lowest BCUT2D eigenvalue weighted by atomic mass is 10.1. The van der Waals surface area contributed by atoms with E-state index in [9.17, 15) is 4.79 Å². The van der Waals surface area contributed by atoms with Crippen molar-refractivity contribution >= 4 is 23.2 Å². The average molecular weight is 352 g/mol. The lowest BCUT2D eigenvalue weighted by Crippen LogP contribution is -2.33. The lowest BCUT2D eigenvalue weighted by Gasteiger charge is -2.27.